The van der Waals surface area contributed by atoms with E-state index >= 15 is 0 Å². The molecule has 0 aliphatic carbocycles. The van der Waals surface area contributed by atoms with Crippen LogP contribution in [0.3, 0.4) is 0 Å². The Morgan fingerprint density at radius 2 is 1.72 bits per heavy atom. The Hall–Kier alpha value is -4.61. The first-order valence-corrected chi connectivity index (χ1v) is 20.7. The molecule has 0 bridgehead atoms. The van der Waals surface area contributed by atoms with Crippen LogP contribution in [-0.4, -0.2) is 48.5 Å². The first kappa shape index (κ1) is 39.1. The standard InChI is InChI=1S/C44H48N2O6S2/c1-6-7-16-42-38(34-19-17-33(18-20-34)32-13-9-8-10-14-32)25-37(29(2)3)44(52-42)39-24-36(21-22-41(39)51-27-43(47)48)54(49,50)46(5)26-31-12-11-15-35(23-31)40-28-53-30(4)45-40/h8-15,17-24,28,37-38,42,44H,2,6-7,16,25-27H2,1,3-5H3,(H,47,48)/t37-,38-,42+,44+/m0/s1. The Morgan fingerprint density at radius 1 is 1.00 bits per heavy atom. The van der Waals surface area contributed by atoms with Crippen molar-refractivity contribution in [2.45, 2.75) is 76.0 Å². The fourth-order valence-electron chi connectivity index (χ4n) is 7.28. The topological polar surface area (TPSA) is 106 Å². The van der Waals surface area contributed by atoms with Crippen LogP contribution < -0.4 is 4.74 Å². The van der Waals surface area contributed by atoms with Gasteiger partial charge in [0, 0.05) is 41.9 Å². The van der Waals surface area contributed by atoms with Crippen molar-refractivity contribution >= 4 is 27.3 Å². The second-order valence-corrected chi connectivity index (χ2v) is 17.2. The van der Waals surface area contributed by atoms with Gasteiger partial charge in [0.05, 0.1) is 27.8 Å². The van der Waals surface area contributed by atoms with Crippen LogP contribution in [0, 0.1) is 12.8 Å². The van der Waals surface area contributed by atoms with Crippen LogP contribution in [0.2, 0.25) is 0 Å². The number of sulfonamides is 1. The van der Waals surface area contributed by atoms with Crippen LogP contribution in [0.1, 0.15) is 73.3 Å². The van der Waals surface area contributed by atoms with E-state index in [2.05, 4.69) is 54.9 Å². The highest BCUT2D eigenvalue weighted by Crippen LogP contribution is 2.49. The second kappa shape index (κ2) is 17.2. The first-order chi connectivity index (χ1) is 25.9. The van der Waals surface area contributed by atoms with Gasteiger partial charge in [0.15, 0.2) is 6.61 Å². The summed E-state index contributed by atoms with van der Waals surface area (Å²) in [6, 6.07) is 31.3. The number of carboxylic acids is 1. The number of ether oxygens (including phenoxy) is 2. The summed E-state index contributed by atoms with van der Waals surface area (Å²) in [7, 11) is -2.43. The fraction of sp³-hybridized carbons (Fsp3) is 0.318. The molecule has 54 heavy (non-hydrogen) atoms. The number of aromatic nitrogens is 1. The van der Waals surface area contributed by atoms with Crippen LogP contribution in [0.25, 0.3) is 22.4 Å². The lowest BCUT2D eigenvalue weighted by Gasteiger charge is -2.43. The first-order valence-electron chi connectivity index (χ1n) is 18.4. The number of nitrogens with zero attached hydrogens (tertiary/aromatic N) is 2. The largest absolute Gasteiger partial charge is 0.482 e. The summed E-state index contributed by atoms with van der Waals surface area (Å²) >= 11 is 1.57. The van der Waals surface area contributed by atoms with Gasteiger partial charge in [-0.3, -0.25) is 0 Å². The number of rotatable bonds is 15. The third kappa shape index (κ3) is 9.01. The predicted molar refractivity (Wildman–Crippen MR) is 215 cm³/mol. The molecule has 1 aliphatic heterocycles. The smallest absolute Gasteiger partial charge is 0.341 e. The zero-order valence-corrected chi connectivity index (χ0v) is 32.9. The normalized spacial score (nSPS) is 18.8. The number of carboxylic acid groups (broad SMARTS) is 1. The van der Waals surface area contributed by atoms with Crippen molar-refractivity contribution in [3.05, 3.63) is 136 Å². The number of aryl methyl sites for hydroxylation is 1. The van der Waals surface area contributed by atoms with Crippen molar-refractivity contribution in [1.29, 1.82) is 0 Å². The molecule has 1 N–H and O–H groups in total. The monoisotopic (exact) mass is 764 g/mol. The Balaban J connectivity index is 1.33. The van der Waals surface area contributed by atoms with Crippen molar-refractivity contribution in [2.75, 3.05) is 13.7 Å². The molecule has 0 radical (unpaired) electrons. The summed E-state index contributed by atoms with van der Waals surface area (Å²) in [5, 5.41) is 12.5. The minimum Gasteiger partial charge on any atom is -0.482 e. The summed E-state index contributed by atoms with van der Waals surface area (Å²) in [5.41, 5.74) is 7.47. The van der Waals surface area contributed by atoms with Gasteiger partial charge >= 0.3 is 5.97 Å². The van der Waals surface area contributed by atoms with Gasteiger partial charge in [-0.15, -0.1) is 11.3 Å². The number of carbonyl (C=O) groups is 1. The molecule has 0 spiro atoms. The van der Waals surface area contributed by atoms with E-state index in [9.17, 15) is 18.3 Å². The maximum absolute atomic E-state index is 14.2. The van der Waals surface area contributed by atoms with Gasteiger partial charge in [0.2, 0.25) is 10.0 Å². The van der Waals surface area contributed by atoms with E-state index in [1.54, 1.807) is 30.5 Å². The number of aliphatic carboxylic acids is 1. The zero-order valence-electron chi connectivity index (χ0n) is 31.3. The molecule has 5 aromatic rings. The van der Waals surface area contributed by atoms with E-state index in [0.29, 0.717) is 5.56 Å². The van der Waals surface area contributed by atoms with Crippen molar-refractivity contribution in [2.24, 2.45) is 5.92 Å². The van der Waals surface area contributed by atoms with Crippen LogP contribution in [0.4, 0.5) is 0 Å². The number of benzene rings is 4. The van der Waals surface area contributed by atoms with Crippen LogP contribution in [0.5, 0.6) is 5.75 Å². The molecule has 1 saturated heterocycles. The van der Waals surface area contributed by atoms with Gasteiger partial charge in [-0.05, 0) is 73.2 Å². The number of hydrogen-bond acceptors (Lipinski definition) is 7. The molecule has 0 unspecified atom stereocenters. The molecule has 1 fully saturated rings. The van der Waals surface area contributed by atoms with E-state index in [-0.39, 0.29) is 35.1 Å². The molecule has 282 valence electrons. The van der Waals surface area contributed by atoms with Gasteiger partial charge in [-0.2, -0.15) is 4.31 Å². The molecular formula is C44H48N2O6S2. The van der Waals surface area contributed by atoms with Gasteiger partial charge in [-0.1, -0.05) is 105 Å². The SMILES string of the molecule is C=C(C)[C@@H]1C[C@@H](c2ccc(-c3ccccc3)cc2)[C@@H](CCCC)O[C@H]1c1cc(S(=O)(=O)N(C)Cc2cccc(-c3csc(C)n3)c2)ccc1OCC(=O)O. The molecule has 10 heteroatoms. The van der Waals surface area contributed by atoms with Crippen LogP contribution in [-0.2, 0) is 26.1 Å². The zero-order chi connectivity index (χ0) is 38.4. The molecule has 8 nitrogen and oxygen atoms in total. The molecule has 1 aromatic heterocycles. The highest BCUT2D eigenvalue weighted by atomic mass is 32.2. The van der Waals surface area contributed by atoms with Crippen molar-refractivity contribution < 1.29 is 27.8 Å². The Labute approximate surface area is 323 Å². The van der Waals surface area contributed by atoms with Gasteiger partial charge in [0.1, 0.15) is 5.75 Å². The third-order valence-electron chi connectivity index (χ3n) is 10.2. The number of unbranched alkanes of at least 4 members (excludes halogenated alkanes) is 1. The maximum atomic E-state index is 14.2. The Kier molecular flexibility index (Phi) is 12.5. The lowest BCUT2D eigenvalue weighted by Crippen LogP contribution is -2.36. The molecule has 2 heterocycles. The molecule has 4 aromatic carbocycles. The molecule has 6 rings (SSSR count). The highest BCUT2D eigenvalue weighted by Gasteiger charge is 2.41. The van der Waals surface area contributed by atoms with Crippen LogP contribution in [0.15, 0.2) is 119 Å². The van der Waals surface area contributed by atoms with E-state index in [4.69, 9.17) is 9.47 Å². The van der Waals surface area contributed by atoms with Crippen molar-refractivity contribution in [1.82, 2.24) is 9.29 Å². The predicted octanol–water partition coefficient (Wildman–Crippen LogP) is 10.1. The molecule has 0 amide bonds. The summed E-state index contributed by atoms with van der Waals surface area (Å²) in [6.07, 6.45) is 2.71. The van der Waals surface area contributed by atoms with Gasteiger partial charge in [0.25, 0.3) is 0 Å². The molecular weight excluding hydrogens is 717 g/mol. The highest BCUT2D eigenvalue weighted by molar-refractivity contribution is 7.89. The molecule has 0 saturated carbocycles. The molecule has 1 aliphatic rings. The Morgan fingerprint density at radius 3 is 2.39 bits per heavy atom. The maximum Gasteiger partial charge on any atom is 0.341 e. The quantitative estimate of drug-likeness (QED) is 0.106. The Bertz CT molecular complexity index is 2180. The third-order valence-corrected chi connectivity index (χ3v) is 12.7. The summed E-state index contributed by atoms with van der Waals surface area (Å²) in [6.45, 7) is 10.0. The van der Waals surface area contributed by atoms with Crippen molar-refractivity contribution in [3.8, 4) is 28.1 Å². The van der Waals surface area contributed by atoms with Crippen LogP contribution >= 0.6 is 11.3 Å². The van der Waals surface area contributed by atoms with Gasteiger partial charge < -0.3 is 14.6 Å². The minimum atomic E-state index is -4.00. The van der Waals surface area contributed by atoms with Crippen molar-refractivity contribution in [3.63, 3.8) is 0 Å². The summed E-state index contributed by atoms with van der Waals surface area (Å²) < 4.78 is 42.6. The lowest BCUT2D eigenvalue weighted by atomic mass is 9.74. The number of hydrogen-bond donors (Lipinski definition) is 1. The average Bonchev–Trinajstić information content (AvgIpc) is 3.62. The second-order valence-electron chi connectivity index (χ2n) is 14.1. The van der Waals surface area contributed by atoms with E-state index in [0.717, 1.165) is 64.2 Å². The fourth-order valence-corrected chi connectivity index (χ4v) is 9.10. The van der Waals surface area contributed by atoms with Gasteiger partial charge in [-0.25, -0.2) is 18.2 Å². The summed E-state index contributed by atoms with van der Waals surface area (Å²) in [4.78, 5) is 16.3. The summed E-state index contributed by atoms with van der Waals surface area (Å²) in [5.74, 6) is -0.971. The lowest BCUT2D eigenvalue weighted by molar-refractivity contribution is -0.139. The average molecular weight is 765 g/mol. The minimum absolute atomic E-state index is 0.0711. The van der Waals surface area contributed by atoms with E-state index in [1.165, 1.54) is 15.9 Å². The molecule has 4 atom stereocenters. The van der Waals surface area contributed by atoms with E-state index in [1.807, 2.05) is 61.7 Å². The number of thiazole rings is 1. The van der Waals surface area contributed by atoms with E-state index < -0.39 is 28.7 Å².